The molecule has 0 fully saturated rings. The smallest absolute Gasteiger partial charge is 0.221 e. The molecule has 0 N–H and O–H groups in total. The summed E-state index contributed by atoms with van der Waals surface area (Å²) in [5, 5.41) is 8.83. The Bertz CT molecular complexity index is 505. The molecule has 1 aromatic rings. The number of halogens is 1. The second-order valence-electron chi connectivity index (χ2n) is 4.10. The van der Waals surface area contributed by atoms with Gasteiger partial charge < -0.3 is 0 Å². The van der Waals surface area contributed by atoms with Crippen LogP contribution in [0.1, 0.15) is 36.2 Å². The molecule has 94 valence electrons. The molecule has 0 aliphatic heterocycles. The van der Waals surface area contributed by atoms with Crippen molar-refractivity contribution in [1.29, 1.82) is 5.26 Å². The maximum atomic E-state index is 13.8. The van der Waals surface area contributed by atoms with Crippen LogP contribution in [0.5, 0.6) is 0 Å². The molecule has 0 saturated carbocycles. The Morgan fingerprint density at radius 3 is 2.56 bits per heavy atom. The number of alkyl halides is 1. The van der Waals surface area contributed by atoms with Crippen LogP contribution in [0.4, 0.5) is 4.39 Å². The van der Waals surface area contributed by atoms with E-state index in [1.165, 1.54) is 18.2 Å². The van der Waals surface area contributed by atoms with Crippen LogP contribution in [0.25, 0.3) is 0 Å². The minimum Gasteiger partial charge on any atom is -0.296 e. The second kappa shape index (κ2) is 6.06. The second-order valence-corrected chi connectivity index (χ2v) is 4.10. The number of hydrogen-bond acceptors (Lipinski definition) is 3. The van der Waals surface area contributed by atoms with Crippen molar-refractivity contribution in [3.8, 4) is 6.07 Å². The van der Waals surface area contributed by atoms with Crippen LogP contribution in [0.2, 0.25) is 0 Å². The maximum absolute atomic E-state index is 13.8. The molecule has 0 saturated heterocycles. The Morgan fingerprint density at radius 1 is 1.39 bits per heavy atom. The molecule has 0 spiro atoms. The van der Waals surface area contributed by atoms with Crippen molar-refractivity contribution in [3.05, 3.63) is 35.4 Å². The van der Waals surface area contributed by atoms with E-state index in [1.54, 1.807) is 19.9 Å². The molecular formula is C14H14FNO2. The maximum Gasteiger partial charge on any atom is 0.221 e. The van der Waals surface area contributed by atoms with Gasteiger partial charge in [-0.15, -0.1) is 0 Å². The van der Waals surface area contributed by atoms with E-state index in [0.29, 0.717) is 6.42 Å². The first kappa shape index (κ1) is 14.0. The summed E-state index contributed by atoms with van der Waals surface area (Å²) in [5.74, 6) is -2.16. The fraction of sp³-hybridized carbons (Fsp3) is 0.357. The van der Waals surface area contributed by atoms with Crippen molar-refractivity contribution in [1.82, 2.24) is 0 Å². The van der Waals surface area contributed by atoms with Crippen molar-refractivity contribution in [2.45, 2.75) is 26.4 Å². The van der Waals surface area contributed by atoms with Crippen LogP contribution in [0.3, 0.4) is 0 Å². The van der Waals surface area contributed by atoms with Gasteiger partial charge in [-0.2, -0.15) is 5.26 Å². The van der Waals surface area contributed by atoms with Gasteiger partial charge in [-0.3, -0.25) is 9.59 Å². The Kier molecular flexibility index (Phi) is 4.73. The molecule has 0 radical (unpaired) electrons. The quantitative estimate of drug-likeness (QED) is 0.593. The number of carbonyl (C=O) groups is 2. The average Bonchev–Trinajstić information content (AvgIpc) is 2.43. The summed E-state index contributed by atoms with van der Waals surface area (Å²) in [6, 6.07) is 7.72. The van der Waals surface area contributed by atoms with E-state index >= 15 is 0 Å². The van der Waals surface area contributed by atoms with Gasteiger partial charge in [-0.05, 0) is 18.6 Å². The van der Waals surface area contributed by atoms with Crippen LogP contribution in [0, 0.1) is 17.2 Å². The van der Waals surface area contributed by atoms with Crippen LogP contribution < -0.4 is 0 Å². The standard InChI is InChI=1S/C14H14FNO2/c1-3-9(2)13(17)12(15)14(18)11-7-5-4-6-10(11)8-16/h4-7,9,12H,3H2,1-2H3. The third-order valence-corrected chi connectivity index (χ3v) is 2.89. The summed E-state index contributed by atoms with van der Waals surface area (Å²) in [6.07, 6.45) is -1.71. The zero-order chi connectivity index (χ0) is 13.7. The highest BCUT2D eigenvalue weighted by Gasteiger charge is 2.31. The van der Waals surface area contributed by atoms with Gasteiger partial charge in [0.05, 0.1) is 11.6 Å². The normalized spacial score (nSPS) is 13.4. The third kappa shape index (κ3) is 2.80. The van der Waals surface area contributed by atoms with Crippen LogP contribution in [-0.4, -0.2) is 17.7 Å². The van der Waals surface area contributed by atoms with Crippen LogP contribution in [-0.2, 0) is 4.79 Å². The number of nitriles is 1. The fourth-order valence-electron chi connectivity index (χ4n) is 1.51. The minimum atomic E-state index is -2.19. The van der Waals surface area contributed by atoms with Gasteiger partial charge in [0.2, 0.25) is 12.0 Å². The number of Topliss-reactive ketones (excluding diaryl/α,β-unsaturated/α-hetero) is 2. The number of benzene rings is 1. The molecular weight excluding hydrogens is 233 g/mol. The monoisotopic (exact) mass is 247 g/mol. The number of ketones is 2. The SMILES string of the molecule is CCC(C)C(=O)C(F)C(=O)c1ccccc1C#N. The van der Waals surface area contributed by atoms with E-state index in [4.69, 9.17) is 5.26 Å². The molecule has 4 heteroatoms. The first-order valence-corrected chi connectivity index (χ1v) is 5.74. The number of rotatable bonds is 5. The molecule has 1 aromatic carbocycles. The van der Waals surface area contributed by atoms with Gasteiger partial charge in [0.1, 0.15) is 0 Å². The predicted molar refractivity (Wildman–Crippen MR) is 64.8 cm³/mol. The number of nitrogens with zero attached hydrogens (tertiary/aromatic N) is 1. The van der Waals surface area contributed by atoms with Crippen LogP contribution >= 0.6 is 0 Å². The van der Waals surface area contributed by atoms with Crippen molar-refractivity contribution >= 4 is 11.6 Å². The van der Waals surface area contributed by atoms with E-state index < -0.39 is 23.7 Å². The first-order chi connectivity index (χ1) is 8.52. The van der Waals surface area contributed by atoms with Crippen molar-refractivity contribution in [2.75, 3.05) is 0 Å². The molecule has 2 unspecified atom stereocenters. The summed E-state index contributed by atoms with van der Waals surface area (Å²) >= 11 is 0. The number of carbonyl (C=O) groups excluding carboxylic acids is 2. The molecule has 0 aromatic heterocycles. The van der Waals surface area contributed by atoms with Gasteiger partial charge in [0, 0.05) is 11.5 Å². The van der Waals surface area contributed by atoms with Gasteiger partial charge in [0.15, 0.2) is 5.78 Å². The molecule has 0 amide bonds. The lowest BCUT2D eigenvalue weighted by atomic mass is 9.93. The van der Waals surface area contributed by atoms with E-state index in [9.17, 15) is 14.0 Å². The molecule has 0 heterocycles. The highest BCUT2D eigenvalue weighted by atomic mass is 19.1. The Hall–Kier alpha value is -2.02. The van der Waals surface area contributed by atoms with Gasteiger partial charge in [-0.1, -0.05) is 26.0 Å². The average molecular weight is 247 g/mol. The van der Waals surface area contributed by atoms with Gasteiger partial charge in [0.25, 0.3) is 0 Å². The topological polar surface area (TPSA) is 57.9 Å². The predicted octanol–water partition coefficient (Wildman–Crippen LogP) is 2.69. The lowest BCUT2D eigenvalue weighted by Crippen LogP contribution is -2.30. The summed E-state index contributed by atoms with van der Waals surface area (Å²) in [4.78, 5) is 23.4. The summed E-state index contributed by atoms with van der Waals surface area (Å²) in [5.41, 5.74) is 0.0475. The van der Waals surface area contributed by atoms with E-state index in [0.717, 1.165) is 0 Å². The lowest BCUT2D eigenvalue weighted by molar-refractivity contribution is -0.125. The molecule has 0 bridgehead atoms. The largest absolute Gasteiger partial charge is 0.296 e. The van der Waals surface area contributed by atoms with Gasteiger partial charge in [-0.25, -0.2) is 4.39 Å². The number of hydrogen-bond donors (Lipinski definition) is 0. The molecule has 0 aliphatic carbocycles. The van der Waals surface area contributed by atoms with Crippen molar-refractivity contribution < 1.29 is 14.0 Å². The van der Waals surface area contributed by atoms with Crippen LogP contribution in [0.15, 0.2) is 24.3 Å². The summed E-state index contributed by atoms with van der Waals surface area (Å²) < 4.78 is 13.8. The Morgan fingerprint density at radius 2 is 2.00 bits per heavy atom. The summed E-state index contributed by atoms with van der Waals surface area (Å²) in [6.45, 7) is 3.33. The third-order valence-electron chi connectivity index (χ3n) is 2.89. The molecule has 2 atom stereocenters. The first-order valence-electron chi connectivity index (χ1n) is 5.74. The zero-order valence-electron chi connectivity index (χ0n) is 10.3. The van der Waals surface area contributed by atoms with Gasteiger partial charge >= 0.3 is 0 Å². The molecule has 3 nitrogen and oxygen atoms in total. The van der Waals surface area contributed by atoms with E-state index in [1.807, 2.05) is 6.07 Å². The fourth-order valence-corrected chi connectivity index (χ4v) is 1.51. The van der Waals surface area contributed by atoms with Crippen molar-refractivity contribution in [2.24, 2.45) is 5.92 Å². The highest BCUT2D eigenvalue weighted by molar-refractivity contribution is 6.14. The zero-order valence-corrected chi connectivity index (χ0v) is 10.3. The Balaban J connectivity index is 3.01. The molecule has 1 rings (SSSR count). The Labute approximate surface area is 105 Å². The highest BCUT2D eigenvalue weighted by Crippen LogP contribution is 2.16. The van der Waals surface area contributed by atoms with Crippen molar-refractivity contribution in [3.63, 3.8) is 0 Å². The lowest BCUT2D eigenvalue weighted by Gasteiger charge is -2.11. The molecule has 18 heavy (non-hydrogen) atoms. The van der Waals surface area contributed by atoms with E-state index in [2.05, 4.69) is 0 Å². The van der Waals surface area contributed by atoms with E-state index in [-0.39, 0.29) is 11.1 Å². The minimum absolute atomic E-state index is 0.0378. The summed E-state index contributed by atoms with van der Waals surface area (Å²) in [7, 11) is 0. The molecule has 0 aliphatic rings.